The number of ether oxygens (including phenoxy) is 1. The molecule has 5 nitrogen and oxygen atoms in total. The highest BCUT2D eigenvalue weighted by molar-refractivity contribution is 6.00. The maximum Gasteiger partial charge on any atom is 0.246 e. The number of carbonyl (C=O) groups excluding carboxylic acids is 2. The van der Waals surface area contributed by atoms with Gasteiger partial charge in [-0.3, -0.25) is 9.59 Å². The minimum Gasteiger partial charge on any atom is -0.496 e. The van der Waals surface area contributed by atoms with Crippen molar-refractivity contribution in [1.82, 2.24) is 5.32 Å². The molecule has 1 atom stereocenters. The van der Waals surface area contributed by atoms with Crippen molar-refractivity contribution in [2.75, 3.05) is 12.4 Å². The third-order valence-corrected chi connectivity index (χ3v) is 3.56. The van der Waals surface area contributed by atoms with E-state index in [4.69, 9.17) is 4.74 Å². The number of methoxy groups -OCH3 is 1. The SMILES string of the molecule is CCCC(=O)N[C@@H](C)C(=O)Nc1cc(OC)c2ccccc2c1. The molecule has 0 aromatic heterocycles. The van der Waals surface area contributed by atoms with Crippen LogP contribution < -0.4 is 15.4 Å². The quantitative estimate of drug-likeness (QED) is 0.861. The molecule has 0 aliphatic rings. The molecule has 2 N–H and O–H groups in total. The highest BCUT2D eigenvalue weighted by Crippen LogP contribution is 2.29. The van der Waals surface area contributed by atoms with Gasteiger partial charge in [0.25, 0.3) is 0 Å². The molecule has 0 heterocycles. The van der Waals surface area contributed by atoms with Crippen LogP contribution in [0, 0.1) is 0 Å². The zero-order valence-corrected chi connectivity index (χ0v) is 13.7. The van der Waals surface area contributed by atoms with E-state index in [9.17, 15) is 9.59 Å². The first-order valence-corrected chi connectivity index (χ1v) is 7.72. The second-order valence-electron chi connectivity index (χ2n) is 5.43. The number of nitrogens with one attached hydrogen (secondary N) is 2. The van der Waals surface area contributed by atoms with Crippen molar-refractivity contribution in [2.45, 2.75) is 32.7 Å². The van der Waals surface area contributed by atoms with Crippen LogP contribution >= 0.6 is 0 Å². The van der Waals surface area contributed by atoms with E-state index in [0.717, 1.165) is 17.2 Å². The van der Waals surface area contributed by atoms with Crippen LogP contribution in [0.5, 0.6) is 5.75 Å². The number of benzene rings is 2. The Bertz CT molecular complexity index is 712. The normalized spacial score (nSPS) is 11.8. The zero-order chi connectivity index (χ0) is 16.8. The lowest BCUT2D eigenvalue weighted by atomic mass is 10.1. The van der Waals surface area contributed by atoms with Gasteiger partial charge in [0, 0.05) is 23.6 Å². The summed E-state index contributed by atoms with van der Waals surface area (Å²) in [5, 5.41) is 7.47. The minimum atomic E-state index is -0.591. The zero-order valence-electron chi connectivity index (χ0n) is 13.7. The van der Waals surface area contributed by atoms with Crippen LogP contribution in [0.25, 0.3) is 10.8 Å². The Morgan fingerprint density at radius 3 is 2.65 bits per heavy atom. The molecule has 122 valence electrons. The molecule has 0 saturated heterocycles. The topological polar surface area (TPSA) is 67.4 Å². The van der Waals surface area contributed by atoms with Gasteiger partial charge in [0.1, 0.15) is 11.8 Å². The smallest absolute Gasteiger partial charge is 0.246 e. The summed E-state index contributed by atoms with van der Waals surface area (Å²) in [5.74, 6) is 0.319. The molecule has 0 aliphatic carbocycles. The first-order chi connectivity index (χ1) is 11.0. The van der Waals surface area contributed by atoms with E-state index in [1.165, 1.54) is 0 Å². The number of fused-ring (bicyclic) bond motifs is 1. The van der Waals surface area contributed by atoms with Crippen LogP contribution in [-0.2, 0) is 9.59 Å². The van der Waals surface area contributed by atoms with Gasteiger partial charge in [-0.2, -0.15) is 0 Å². The molecule has 2 amide bonds. The number of amides is 2. The number of anilines is 1. The maximum absolute atomic E-state index is 12.2. The number of hydrogen-bond acceptors (Lipinski definition) is 3. The summed E-state index contributed by atoms with van der Waals surface area (Å²) >= 11 is 0. The molecule has 2 aromatic carbocycles. The molecule has 0 bridgehead atoms. The van der Waals surface area contributed by atoms with Crippen LogP contribution in [0.2, 0.25) is 0 Å². The molecule has 2 aromatic rings. The largest absolute Gasteiger partial charge is 0.496 e. The second-order valence-corrected chi connectivity index (χ2v) is 5.43. The third kappa shape index (κ3) is 4.22. The third-order valence-electron chi connectivity index (χ3n) is 3.56. The minimum absolute atomic E-state index is 0.119. The fourth-order valence-electron chi connectivity index (χ4n) is 2.37. The summed E-state index contributed by atoms with van der Waals surface area (Å²) in [5.41, 5.74) is 0.641. The van der Waals surface area contributed by atoms with Gasteiger partial charge in [0.2, 0.25) is 11.8 Å². The van der Waals surface area contributed by atoms with Crippen molar-refractivity contribution < 1.29 is 14.3 Å². The van der Waals surface area contributed by atoms with Crippen molar-refractivity contribution >= 4 is 28.3 Å². The summed E-state index contributed by atoms with van der Waals surface area (Å²) in [6, 6.07) is 10.9. The summed E-state index contributed by atoms with van der Waals surface area (Å²) in [6.07, 6.45) is 1.17. The number of hydrogen-bond donors (Lipinski definition) is 2. The van der Waals surface area contributed by atoms with Gasteiger partial charge in [-0.15, -0.1) is 0 Å². The Labute approximate surface area is 136 Å². The van der Waals surface area contributed by atoms with Crippen molar-refractivity contribution in [1.29, 1.82) is 0 Å². The van der Waals surface area contributed by atoms with Gasteiger partial charge >= 0.3 is 0 Å². The Morgan fingerprint density at radius 2 is 1.96 bits per heavy atom. The average Bonchev–Trinajstić information content (AvgIpc) is 2.54. The van der Waals surface area contributed by atoms with Gasteiger partial charge in [0.05, 0.1) is 7.11 Å². The molecule has 5 heteroatoms. The molecule has 0 aliphatic heterocycles. The second kappa shape index (κ2) is 7.63. The van der Waals surface area contributed by atoms with Crippen LogP contribution in [0.3, 0.4) is 0 Å². The van der Waals surface area contributed by atoms with E-state index in [1.807, 2.05) is 37.3 Å². The fourth-order valence-corrected chi connectivity index (χ4v) is 2.37. The Balaban J connectivity index is 2.14. The fraction of sp³-hybridized carbons (Fsp3) is 0.333. The number of rotatable bonds is 6. The Hall–Kier alpha value is -2.56. The molecule has 0 radical (unpaired) electrons. The van der Waals surface area contributed by atoms with Gasteiger partial charge < -0.3 is 15.4 Å². The van der Waals surface area contributed by atoms with E-state index in [2.05, 4.69) is 10.6 Å². The molecule has 23 heavy (non-hydrogen) atoms. The first kappa shape index (κ1) is 16.8. The van der Waals surface area contributed by atoms with Gasteiger partial charge in [-0.25, -0.2) is 0 Å². The van der Waals surface area contributed by atoms with E-state index in [-0.39, 0.29) is 11.8 Å². The molecule has 0 unspecified atom stereocenters. The first-order valence-electron chi connectivity index (χ1n) is 7.72. The standard InChI is InChI=1S/C18H22N2O3/c1-4-7-17(21)19-12(2)18(22)20-14-10-13-8-5-6-9-15(13)16(11-14)23-3/h5-6,8-12H,4,7H2,1-3H3,(H,19,21)(H,20,22)/t12-/m0/s1. The lowest BCUT2D eigenvalue weighted by Crippen LogP contribution is -2.41. The van der Waals surface area contributed by atoms with E-state index < -0.39 is 6.04 Å². The van der Waals surface area contributed by atoms with Crippen molar-refractivity contribution in [2.24, 2.45) is 0 Å². The highest BCUT2D eigenvalue weighted by atomic mass is 16.5. The highest BCUT2D eigenvalue weighted by Gasteiger charge is 2.16. The van der Waals surface area contributed by atoms with Crippen LogP contribution in [-0.4, -0.2) is 25.0 Å². The molecule has 0 fully saturated rings. The maximum atomic E-state index is 12.2. The lowest BCUT2D eigenvalue weighted by Gasteiger charge is -2.15. The van der Waals surface area contributed by atoms with Crippen LogP contribution in [0.4, 0.5) is 5.69 Å². The Kier molecular flexibility index (Phi) is 5.57. The summed E-state index contributed by atoms with van der Waals surface area (Å²) in [6.45, 7) is 3.59. The molecule has 0 spiro atoms. The van der Waals surface area contributed by atoms with Gasteiger partial charge in [-0.1, -0.05) is 31.2 Å². The van der Waals surface area contributed by atoms with Crippen molar-refractivity contribution in [3.8, 4) is 5.75 Å². The predicted octanol–water partition coefficient (Wildman–Crippen LogP) is 3.09. The Morgan fingerprint density at radius 1 is 1.22 bits per heavy atom. The molecule has 2 rings (SSSR count). The van der Waals surface area contributed by atoms with E-state index in [1.54, 1.807) is 20.1 Å². The van der Waals surface area contributed by atoms with E-state index >= 15 is 0 Å². The van der Waals surface area contributed by atoms with Gasteiger partial charge in [0.15, 0.2) is 0 Å². The number of carbonyl (C=O) groups is 2. The molecular formula is C18H22N2O3. The average molecular weight is 314 g/mol. The van der Waals surface area contributed by atoms with Gasteiger partial charge in [-0.05, 0) is 24.8 Å². The predicted molar refractivity (Wildman–Crippen MR) is 91.6 cm³/mol. The molecule has 0 saturated carbocycles. The monoisotopic (exact) mass is 314 g/mol. The van der Waals surface area contributed by atoms with E-state index in [0.29, 0.717) is 17.9 Å². The lowest BCUT2D eigenvalue weighted by molar-refractivity contribution is -0.126. The molecular weight excluding hydrogens is 292 g/mol. The summed E-state index contributed by atoms with van der Waals surface area (Å²) in [7, 11) is 1.60. The van der Waals surface area contributed by atoms with Crippen LogP contribution in [0.15, 0.2) is 36.4 Å². The van der Waals surface area contributed by atoms with Crippen molar-refractivity contribution in [3.05, 3.63) is 36.4 Å². The van der Waals surface area contributed by atoms with Crippen molar-refractivity contribution in [3.63, 3.8) is 0 Å². The van der Waals surface area contributed by atoms with Crippen LogP contribution in [0.1, 0.15) is 26.7 Å². The summed E-state index contributed by atoms with van der Waals surface area (Å²) < 4.78 is 5.39. The summed E-state index contributed by atoms with van der Waals surface area (Å²) in [4.78, 5) is 23.8.